The molecule has 0 aliphatic rings. The molecule has 188 valence electrons. The van der Waals surface area contributed by atoms with Crippen molar-refractivity contribution in [3.63, 3.8) is 0 Å². The van der Waals surface area contributed by atoms with Gasteiger partial charge in [0.2, 0.25) is 5.91 Å². The van der Waals surface area contributed by atoms with Crippen LogP contribution >= 0.6 is 0 Å². The lowest BCUT2D eigenvalue weighted by atomic mass is 10.1. The lowest BCUT2D eigenvalue weighted by Crippen LogP contribution is -2.38. The van der Waals surface area contributed by atoms with Gasteiger partial charge in [-0.2, -0.15) is 10.2 Å². The molecule has 2 aromatic carbocycles. The molecule has 2 aromatic heterocycles. The number of unbranched alkanes of at least 4 members (excludes halogenated alkanes) is 1. The van der Waals surface area contributed by atoms with Crippen molar-refractivity contribution < 1.29 is 9.53 Å². The van der Waals surface area contributed by atoms with Gasteiger partial charge in [0.15, 0.2) is 0 Å². The average Bonchev–Trinajstić information content (AvgIpc) is 3.25. The Morgan fingerprint density at radius 3 is 2.42 bits per heavy atom. The van der Waals surface area contributed by atoms with Gasteiger partial charge in [0.1, 0.15) is 17.3 Å². The lowest BCUT2D eigenvalue weighted by Gasteiger charge is -2.17. The number of aryl methyl sites for hydroxylation is 2. The van der Waals surface area contributed by atoms with E-state index in [1.807, 2.05) is 75.4 Å². The molecule has 0 spiro atoms. The Bertz CT molecular complexity index is 1390. The summed E-state index contributed by atoms with van der Waals surface area (Å²) in [6.45, 7) is 8.73. The van der Waals surface area contributed by atoms with Gasteiger partial charge in [0.25, 0.3) is 5.56 Å². The fourth-order valence-corrected chi connectivity index (χ4v) is 4.23. The molecule has 0 saturated carbocycles. The molecular formula is C28H33N5O3. The highest BCUT2D eigenvalue weighted by Crippen LogP contribution is 2.21. The van der Waals surface area contributed by atoms with Gasteiger partial charge in [-0.3, -0.25) is 9.59 Å². The lowest BCUT2D eigenvalue weighted by molar-refractivity contribution is -0.125. The summed E-state index contributed by atoms with van der Waals surface area (Å²) in [4.78, 5) is 26.7. The molecule has 36 heavy (non-hydrogen) atoms. The Hall–Kier alpha value is -3.94. The normalized spacial score (nSPS) is 12.0. The Balaban J connectivity index is 1.55. The maximum Gasteiger partial charge on any atom is 0.278 e. The summed E-state index contributed by atoms with van der Waals surface area (Å²) >= 11 is 0. The molecule has 4 aromatic rings. The third-order valence-corrected chi connectivity index (χ3v) is 6.28. The van der Waals surface area contributed by atoms with Crippen LogP contribution in [0.4, 0.5) is 0 Å². The first-order valence-corrected chi connectivity index (χ1v) is 12.5. The molecule has 1 unspecified atom stereocenters. The number of hydrogen-bond donors (Lipinski definition) is 1. The molecule has 4 rings (SSSR count). The number of nitrogens with zero attached hydrogens (tertiary/aromatic N) is 4. The van der Waals surface area contributed by atoms with Crippen LogP contribution in [0.15, 0.2) is 59.4 Å². The standard InChI is InChI=1S/C28H33N5O3/c1-5-7-17-36-23-15-13-21(14-16-23)18-29-27(34)24(6-2)33-28(35)25-20(4)32(22-11-9-8-10-12-22)31-26(25)19(3)30-33/h8-16,24H,5-7,17-18H2,1-4H3,(H,29,34). The molecule has 0 aliphatic carbocycles. The Labute approximate surface area is 210 Å². The minimum absolute atomic E-state index is 0.248. The Kier molecular flexibility index (Phi) is 7.83. The molecule has 8 heteroatoms. The number of amides is 1. The van der Waals surface area contributed by atoms with Crippen molar-refractivity contribution in [1.82, 2.24) is 24.9 Å². The van der Waals surface area contributed by atoms with E-state index < -0.39 is 6.04 Å². The van der Waals surface area contributed by atoms with E-state index in [0.29, 0.717) is 36.2 Å². The first kappa shape index (κ1) is 25.2. The molecule has 0 aliphatic heterocycles. The van der Waals surface area contributed by atoms with Gasteiger partial charge >= 0.3 is 0 Å². The van der Waals surface area contributed by atoms with E-state index in [4.69, 9.17) is 4.74 Å². The molecule has 1 atom stereocenters. The number of aromatic nitrogens is 4. The van der Waals surface area contributed by atoms with Crippen LogP contribution in [0.5, 0.6) is 5.75 Å². The SMILES string of the molecule is CCCCOc1ccc(CNC(=O)C(CC)n2nc(C)c3nn(-c4ccccc4)c(C)c3c2=O)cc1. The van der Waals surface area contributed by atoms with Crippen LogP contribution < -0.4 is 15.6 Å². The van der Waals surface area contributed by atoms with E-state index in [1.165, 1.54) is 4.68 Å². The van der Waals surface area contributed by atoms with Crippen LogP contribution in [0.2, 0.25) is 0 Å². The van der Waals surface area contributed by atoms with Crippen molar-refractivity contribution in [1.29, 1.82) is 0 Å². The van der Waals surface area contributed by atoms with Crippen molar-refractivity contribution in [2.45, 2.75) is 59.5 Å². The average molecular weight is 488 g/mol. The van der Waals surface area contributed by atoms with Crippen molar-refractivity contribution in [3.8, 4) is 11.4 Å². The summed E-state index contributed by atoms with van der Waals surface area (Å²) in [5.74, 6) is 0.568. The number of para-hydroxylation sites is 1. The highest BCUT2D eigenvalue weighted by molar-refractivity contribution is 5.84. The van der Waals surface area contributed by atoms with Crippen molar-refractivity contribution in [2.24, 2.45) is 0 Å². The topological polar surface area (TPSA) is 91.0 Å². The summed E-state index contributed by atoms with van der Waals surface area (Å²) < 4.78 is 8.76. The number of carbonyl (C=O) groups is 1. The van der Waals surface area contributed by atoms with Crippen LogP contribution in [-0.2, 0) is 11.3 Å². The number of fused-ring (bicyclic) bond motifs is 1. The van der Waals surface area contributed by atoms with E-state index in [-0.39, 0.29) is 11.5 Å². The van der Waals surface area contributed by atoms with Gasteiger partial charge in [-0.25, -0.2) is 9.36 Å². The molecular weight excluding hydrogens is 454 g/mol. The molecule has 1 N–H and O–H groups in total. The summed E-state index contributed by atoms with van der Waals surface area (Å²) in [6.07, 6.45) is 2.53. The number of hydrogen-bond acceptors (Lipinski definition) is 5. The molecule has 0 saturated heterocycles. The van der Waals surface area contributed by atoms with E-state index in [1.54, 1.807) is 4.68 Å². The maximum absolute atomic E-state index is 13.5. The number of rotatable bonds is 10. The first-order chi connectivity index (χ1) is 17.4. The highest BCUT2D eigenvalue weighted by atomic mass is 16.5. The monoisotopic (exact) mass is 487 g/mol. The van der Waals surface area contributed by atoms with E-state index in [0.717, 1.165) is 35.5 Å². The van der Waals surface area contributed by atoms with Gasteiger partial charge < -0.3 is 10.1 Å². The second kappa shape index (κ2) is 11.2. The van der Waals surface area contributed by atoms with Gasteiger partial charge in [0, 0.05) is 6.54 Å². The van der Waals surface area contributed by atoms with Gasteiger partial charge in [-0.1, -0.05) is 50.6 Å². The number of carbonyl (C=O) groups excluding carboxylic acids is 1. The smallest absolute Gasteiger partial charge is 0.278 e. The first-order valence-electron chi connectivity index (χ1n) is 12.5. The van der Waals surface area contributed by atoms with E-state index in [9.17, 15) is 9.59 Å². The molecule has 8 nitrogen and oxygen atoms in total. The van der Waals surface area contributed by atoms with Crippen LogP contribution in [0, 0.1) is 13.8 Å². The minimum atomic E-state index is -0.725. The van der Waals surface area contributed by atoms with Gasteiger partial charge in [0.05, 0.1) is 29.1 Å². The zero-order chi connectivity index (χ0) is 25.7. The quantitative estimate of drug-likeness (QED) is 0.329. The number of ether oxygens (including phenoxy) is 1. The van der Waals surface area contributed by atoms with Gasteiger partial charge in [-0.05, 0) is 56.5 Å². The van der Waals surface area contributed by atoms with Crippen LogP contribution in [0.25, 0.3) is 16.6 Å². The molecule has 2 heterocycles. The van der Waals surface area contributed by atoms with Crippen molar-refractivity contribution in [3.05, 3.63) is 81.9 Å². The Morgan fingerprint density at radius 2 is 1.75 bits per heavy atom. The zero-order valence-electron chi connectivity index (χ0n) is 21.3. The van der Waals surface area contributed by atoms with Gasteiger partial charge in [-0.15, -0.1) is 0 Å². The fourth-order valence-electron chi connectivity index (χ4n) is 4.23. The van der Waals surface area contributed by atoms with E-state index >= 15 is 0 Å². The fraction of sp³-hybridized carbons (Fsp3) is 0.357. The third kappa shape index (κ3) is 5.17. The van der Waals surface area contributed by atoms with Crippen molar-refractivity contribution in [2.75, 3.05) is 6.61 Å². The summed E-state index contributed by atoms with van der Waals surface area (Å²) in [5.41, 5.74) is 3.38. The summed E-state index contributed by atoms with van der Waals surface area (Å²) in [6, 6.07) is 16.6. The van der Waals surface area contributed by atoms with Crippen molar-refractivity contribution >= 4 is 16.8 Å². The molecule has 0 fully saturated rings. The zero-order valence-corrected chi connectivity index (χ0v) is 21.3. The molecule has 0 bridgehead atoms. The minimum Gasteiger partial charge on any atom is -0.494 e. The third-order valence-electron chi connectivity index (χ3n) is 6.28. The second-order valence-corrected chi connectivity index (χ2v) is 8.88. The molecule has 0 radical (unpaired) electrons. The summed E-state index contributed by atoms with van der Waals surface area (Å²) in [7, 11) is 0. The number of benzene rings is 2. The van der Waals surface area contributed by atoms with Crippen LogP contribution in [0.3, 0.4) is 0 Å². The predicted molar refractivity (Wildman–Crippen MR) is 141 cm³/mol. The highest BCUT2D eigenvalue weighted by Gasteiger charge is 2.25. The Morgan fingerprint density at radius 1 is 1.03 bits per heavy atom. The maximum atomic E-state index is 13.5. The van der Waals surface area contributed by atoms with E-state index in [2.05, 4.69) is 22.4 Å². The predicted octanol–water partition coefficient (Wildman–Crippen LogP) is 4.65. The number of nitrogens with one attached hydrogen (secondary N) is 1. The second-order valence-electron chi connectivity index (χ2n) is 8.88. The van der Waals surface area contributed by atoms with Crippen LogP contribution in [-0.4, -0.2) is 32.1 Å². The molecule has 1 amide bonds. The largest absolute Gasteiger partial charge is 0.494 e. The van der Waals surface area contributed by atoms with Crippen LogP contribution in [0.1, 0.15) is 56.1 Å². The summed E-state index contributed by atoms with van der Waals surface area (Å²) in [5, 5.41) is 12.6.